The van der Waals surface area contributed by atoms with E-state index in [0.717, 1.165) is 22.6 Å². The molecular weight excluding hydrogens is 392 g/mol. The molecule has 10 nitrogen and oxygen atoms in total. The van der Waals surface area contributed by atoms with Crippen molar-refractivity contribution < 1.29 is 28.7 Å². The van der Waals surface area contributed by atoms with Crippen LogP contribution in [0.1, 0.15) is 53.4 Å². The number of esters is 1. The third-order valence-electron chi connectivity index (χ3n) is 6.38. The lowest BCUT2D eigenvalue weighted by Crippen LogP contribution is -2.51. The smallest absolute Gasteiger partial charge is 0.327 e. The van der Waals surface area contributed by atoms with Crippen molar-refractivity contribution in [1.29, 1.82) is 0 Å². The minimum absolute atomic E-state index is 0.131. The molecule has 166 valence electrons. The molecular formula is C20H30N4O6. The van der Waals surface area contributed by atoms with Crippen LogP contribution in [-0.4, -0.2) is 70.9 Å². The molecule has 1 aliphatic carbocycles. The number of rotatable bonds is 4. The lowest BCUT2D eigenvalue weighted by Gasteiger charge is -2.40. The highest BCUT2D eigenvalue weighted by Gasteiger charge is 2.53. The second-order valence-corrected chi connectivity index (χ2v) is 9.40. The topological polar surface area (TPSA) is 125 Å². The number of imide groups is 2. The van der Waals surface area contributed by atoms with Crippen molar-refractivity contribution in [2.75, 3.05) is 19.6 Å². The average molecular weight is 422 g/mol. The molecule has 0 radical (unpaired) electrons. The van der Waals surface area contributed by atoms with Gasteiger partial charge >= 0.3 is 18.0 Å². The molecule has 6 amide bonds. The Kier molecular flexibility index (Phi) is 5.79. The minimum atomic E-state index is -1.20. The fourth-order valence-corrected chi connectivity index (χ4v) is 4.45. The Morgan fingerprint density at radius 2 is 1.80 bits per heavy atom. The lowest BCUT2D eigenvalue weighted by atomic mass is 9.67. The Morgan fingerprint density at radius 3 is 2.33 bits per heavy atom. The van der Waals surface area contributed by atoms with Gasteiger partial charge in [0, 0.05) is 13.1 Å². The van der Waals surface area contributed by atoms with Gasteiger partial charge in [0.05, 0.1) is 0 Å². The first-order chi connectivity index (χ1) is 13.9. The first kappa shape index (κ1) is 22.0. The highest BCUT2D eigenvalue weighted by Crippen LogP contribution is 2.43. The molecule has 0 unspecified atom stereocenters. The zero-order chi connectivity index (χ0) is 22.3. The van der Waals surface area contributed by atoms with Crippen molar-refractivity contribution >= 4 is 29.8 Å². The molecule has 2 N–H and O–H groups in total. The number of carbonyl (C=O) groups is 5. The molecule has 0 bridgehead atoms. The quantitative estimate of drug-likeness (QED) is 0.514. The molecule has 2 aliphatic heterocycles. The highest BCUT2D eigenvalue weighted by molar-refractivity contribution is 6.09. The monoisotopic (exact) mass is 422 g/mol. The van der Waals surface area contributed by atoms with Crippen LogP contribution in [0.25, 0.3) is 0 Å². The molecule has 3 rings (SSSR count). The van der Waals surface area contributed by atoms with Gasteiger partial charge in [-0.3, -0.25) is 24.2 Å². The molecule has 2 saturated heterocycles. The summed E-state index contributed by atoms with van der Waals surface area (Å²) in [5, 5.41) is 5.27. The normalized spacial score (nSPS) is 27.9. The van der Waals surface area contributed by atoms with Crippen molar-refractivity contribution in [2.24, 2.45) is 11.3 Å². The molecule has 1 saturated carbocycles. The summed E-state index contributed by atoms with van der Waals surface area (Å²) in [6.45, 7) is 7.83. The molecule has 0 aromatic carbocycles. The number of hydrogen-bond acceptors (Lipinski definition) is 6. The average Bonchev–Trinajstić information content (AvgIpc) is 3.18. The summed E-state index contributed by atoms with van der Waals surface area (Å²) in [4.78, 5) is 63.3. The summed E-state index contributed by atoms with van der Waals surface area (Å²) >= 11 is 0. The van der Waals surface area contributed by atoms with Gasteiger partial charge in [0.15, 0.2) is 6.10 Å². The van der Waals surface area contributed by atoms with Crippen LogP contribution >= 0.6 is 0 Å². The predicted octanol–water partition coefficient (Wildman–Crippen LogP) is 0.997. The summed E-state index contributed by atoms with van der Waals surface area (Å²) < 4.78 is 5.08. The molecule has 3 aliphatic rings. The zero-order valence-corrected chi connectivity index (χ0v) is 17.9. The minimum Gasteiger partial charge on any atom is -0.451 e. The Morgan fingerprint density at radius 1 is 1.17 bits per heavy atom. The molecule has 2 heterocycles. The van der Waals surface area contributed by atoms with Crippen LogP contribution in [0.5, 0.6) is 0 Å². The second kappa shape index (κ2) is 7.88. The van der Waals surface area contributed by atoms with Crippen LogP contribution in [-0.2, 0) is 19.1 Å². The van der Waals surface area contributed by atoms with E-state index in [2.05, 4.69) is 31.4 Å². The zero-order valence-electron chi connectivity index (χ0n) is 17.9. The SMILES string of the molecule is C[C@H](OC(=O)CN1C(=O)NC2(CCC(C(C)(C)C)CC2)C1=O)C(=O)N1CCNC1=O. The molecule has 0 aromatic rings. The fraction of sp³-hybridized carbons (Fsp3) is 0.750. The van der Waals surface area contributed by atoms with Gasteiger partial charge in [0.1, 0.15) is 12.1 Å². The number of nitrogens with one attached hydrogen (secondary N) is 2. The number of ether oxygens (including phenoxy) is 1. The van der Waals surface area contributed by atoms with Gasteiger partial charge in [-0.2, -0.15) is 0 Å². The Labute approximate surface area is 175 Å². The van der Waals surface area contributed by atoms with Gasteiger partial charge in [0.2, 0.25) is 0 Å². The second-order valence-electron chi connectivity index (χ2n) is 9.40. The van der Waals surface area contributed by atoms with E-state index in [0.29, 0.717) is 25.3 Å². The Bertz CT molecular complexity index is 766. The number of urea groups is 2. The summed E-state index contributed by atoms with van der Waals surface area (Å²) in [5.41, 5.74) is -0.833. The van der Waals surface area contributed by atoms with Crippen molar-refractivity contribution in [3.05, 3.63) is 0 Å². The van der Waals surface area contributed by atoms with E-state index < -0.39 is 48.0 Å². The first-order valence-corrected chi connectivity index (χ1v) is 10.4. The van der Waals surface area contributed by atoms with Crippen molar-refractivity contribution in [3.63, 3.8) is 0 Å². The van der Waals surface area contributed by atoms with Gasteiger partial charge in [-0.25, -0.2) is 9.59 Å². The van der Waals surface area contributed by atoms with Crippen LogP contribution < -0.4 is 10.6 Å². The summed E-state index contributed by atoms with van der Waals surface area (Å²) in [5.74, 6) is -1.48. The molecule has 0 aromatic heterocycles. The van der Waals surface area contributed by atoms with E-state index in [-0.39, 0.29) is 12.0 Å². The van der Waals surface area contributed by atoms with Crippen LogP contribution in [0.15, 0.2) is 0 Å². The summed E-state index contributed by atoms with van der Waals surface area (Å²) in [6, 6.07) is -1.16. The highest BCUT2D eigenvalue weighted by atomic mass is 16.5. The van der Waals surface area contributed by atoms with E-state index in [9.17, 15) is 24.0 Å². The largest absolute Gasteiger partial charge is 0.451 e. The molecule has 1 atom stereocenters. The lowest BCUT2D eigenvalue weighted by molar-refractivity contribution is -0.159. The number of nitrogens with zero attached hydrogens (tertiary/aromatic N) is 2. The third kappa shape index (κ3) is 4.13. The van der Waals surface area contributed by atoms with Crippen LogP contribution in [0.3, 0.4) is 0 Å². The van der Waals surface area contributed by atoms with Gasteiger partial charge in [-0.05, 0) is 43.9 Å². The van der Waals surface area contributed by atoms with Gasteiger partial charge in [-0.1, -0.05) is 20.8 Å². The van der Waals surface area contributed by atoms with Crippen molar-refractivity contribution in [2.45, 2.75) is 65.0 Å². The maximum atomic E-state index is 13.0. The van der Waals surface area contributed by atoms with E-state index in [1.54, 1.807) is 0 Å². The van der Waals surface area contributed by atoms with Crippen LogP contribution in [0.4, 0.5) is 9.59 Å². The molecule has 3 fully saturated rings. The van der Waals surface area contributed by atoms with Gasteiger partial charge in [-0.15, -0.1) is 0 Å². The number of carbonyl (C=O) groups excluding carboxylic acids is 5. The maximum absolute atomic E-state index is 13.0. The molecule has 10 heteroatoms. The van der Waals surface area contributed by atoms with E-state index >= 15 is 0 Å². The number of amides is 6. The molecule has 30 heavy (non-hydrogen) atoms. The number of hydrogen-bond donors (Lipinski definition) is 2. The molecule has 1 spiro atoms. The first-order valence-electron chi connectivity index (χ1n) is 10.4. The van der Waals surface area contributed by atoms with Crippen LogP contribution in [0, 0.1) is 11.3 Å². The van der Waals surface area contributed by atoms with E-state index in [1.807, 2.05) is 0 Å². The van der Waals surface area contributed by atoms with E-state index in [1.165, 1.54) is 6.92 Å². The predicted molar refractivity (Wildman–Crippen MR) is 105 cm³/mol. The van der Waals surface area contributed by atoms with Crippen molar-refractivity contribution in [1.82, 2.24) is 20.4 Å². The van der Waals surface area contributed by atoms with Crippen molar-refractivity contribution in [3.8, 4) is 0 Å². The Balaban J connectivity index is 1.57. The Hall–Kier alpha value is -2.65. The van der Waals surface area contributed by atoms with E-state index in [4.69, 9.17) is 4.74 Å². The maximum Gasteiger partial charge on any atom is 0.327 e. The summed E-state index contributed by atoms with van der Waals surface area (Å²) in [7, 11) is 0. The third-order valence-corrected chi connectivity index (χ3v) is 6.38. The van der Waals surface area contributed by atoms with Gasteiger partial charge in [0.25, 0.3) is 11.8 Å². The fourth-order valence-electron chi connectivity index (χ4n) is 4.45. The standard InChI is InChI=1S/C20H30N4O6/c1-12(15(26)23-10-9-21-17(23)28)30-14(25)11-24-16(27)20(22-18(24)29)7-5-13(6-8-20)19(2,3)4/h12-13H,5-11H2,1-4H3,(H,21,28)(H,22,29)/t12-,13?,20?/m0/s1. The summed E-state index contributed by atoms with van der Waals surface area (Å²) in [6.07, 6.45) is 1.50. The van der Waals surface area contributed by atoms with Crippen LogP contribution in [0.2, 0.25) is 0 Å². The van der Waals surface area contributed by atoms with Gasteiger partial charge < -0.3 is 15.4 Å².